The maximum atomic E-state index is 5.23. The van der Waals surface area contributed by atoms with Crippen molar-refractivity contribution in [2.24, 2.45) is 4.99 Å². The maximum Gasteiger partial charge on any atom is 0.0865 e. The fourth-order valence-electron chi connectivity index (χ4n) is 0.674. The lowest BCUT2D eigenvalue weighted by Crippen LogP contribution is -2.03. The molecule has 0 aromatic heterocycles. The molecule has 0 amide bonds. The van der Waals surface area contributed by atoms with Gasteiger partial charge in [-0.15, -0.1) is 0 Å². The minimum absolute atomic E-state index is 0.0922. The van der Waals surface area contributed by atoms with Crippen molar-refractivity contribution in [1.29, 1.82) is 0 Å². The quantitative estimate of drug-likeness (QED) is 0.438. The Morgan fingerprint density at radius 3 is 2.50 bits per heavy atom. The number of hydrogen-bond donors (Lipinski definition) is 0. The zero-order chi connectivity index (χ0) is 12.4. The molecule has 0 saturated heterocycles. The number of methoxy groups -OCH3 is 2. The van der Waals surface area contributed by atoms with E-state index in [1.807, 2.05) is 0 Å². The van der Waals surface area contributed by atoms with Gasteiger partial charge in [0, 0.05) is 36.4 Å². The van der Waals surface area contributed by atoms with E-state index >= 15 is 0 Å². The summed E-state index contributed by atoms with van der Waals surface area (Å²) in [5.74, 6) is 0. The Balaban J connectivity index is 4.52. The summed E-state index contributed by atoms with van der Waals surface area (Å²) in [7, 11) is 3.51. The summed E-state index contributed by atoms with van der Waals surface area (Å²) in [5.41, 5.74) is 0. The third-order valence-electron chi connectivity index (χ3n) is 1.57. The molecule has 5 heteroatoms. The monoisotopic (exact) mass is 453 g/mol. The second-order valence-corrected chi connectivity index (χ2v) is 12.6. The Kier molecular flexibility index (Phi) is 11.5. The van der Waals surface area contributed by atoms with Gasteiger partial charge in [0.05, 0.1) is 10.3 Å². The molecule has 0 radical (unpaired) electrons. The summed E-state index contributed by atoms with van der Waals surface area (Å²) in [6.07, 6.45) is 3.09. The van der Waals surface area contributed by atoms with Gasteiger partial charge in [0.2, 0.25) is 0 Å². The van der Waals surface area contributed by atoms with E-state index in [0.29, 0.717) is 6.04 Å². The molecular formula is C11H21I2NO2. The average molecular weight is 453 g/mol. The molecule has 0 rings (SSSR count). The second-order valence-electron chi connectivity index (χ2n) is 3.38. The molecule has 0 atom stereocenters. The Bertz CT molecular complexity index is 273. The predicted octanol–water partition coefficient (Wildman–Crippen LogP) is 3.33. The second kappa shape index (κ2) is 10.9. The van der Waals surface area contributed by atoms with Crippen molar-refractivity contribution in [3.63, 3.8) is 0 Å². The fourth-order valence-corrected chi connectivity index (χ4v) is 8.95. The van der Waals surface area contributed by atoms with Crippen LogP contribution in [0.15, 0.2) is 4.99 Å². The summed E-state index contributed by atoms with van der Waals surface area (Å²) < 4.78 is 13.1. The van der Waals surface area contributed by atoms with Gasteiger partial charge in [0.15, 0.2) is 0 Å². The third-order valence-corrected chi connectivity index (χ3v) is 12.9. The number of ether oxygens (including phenoxy) is 2. The van der Waals surface area contributed by atoms with Gasteiger partial charge in [0.1, 0.15) is 0 Å². The van der Waals surface area contributed by atoms with E-state index in [4.69, 9.17) is 9.47 Å². The highest BCUT2D eigenvalue weighted by Crippen LogP contribution is 2.24. The molecular weight excluding hydrogens is 432 g/mol. The first-order chi connectivity index (χ1) is 7.60. The van der Waals surface area contributed by atoms with Crippen molar-refractivity contribution >= 4 is 46.9 Å². The summed E-state index contributed by atoms with van der Waals surface area (Å²) in [5, 5.41) is 0. The van der Waals surface area contributed by atoms with E-state index in [1.54, 1.807) is 14.2 Å². The fraction of sp³-hybridized carbons (Fsp3) is 0.727. The molecule has 0 heterocycles. The number of aliphatic imine (C=N–C) groups is 1. The Morgan fingerprint density at radius 2 is 2.00 bits per heavy atom. The number of nitrogens with zero attached hydrogens (tertiary/aromatic N) is 1. The Morgan fingerprint density at radius 1 is 1.31 bits per heavy atom. The SMILES string of the molecule is COCCC(C=NC(C)C)=II=C(C)OC. The maximum absolute atomic E-state index is 5.23. The Hall–Kier alpha value is 0.790. The van der Waals surface area contributed by atoms with Crippen LogP contribution in [0.1, 0.15) is 27.2 Å². The van der Waals surface area contributed by atoms with Gasteiger partial charge in [-0.25, -0.2) is 0 Å². The zero-order valence-corrected chi connectivity index (χ0v) is 14.9. The van der Waals surface area contributed by atoms with E-state index in [9.17, 15) is 0 Å². The standard InChI is InChI=1S/C11H21I2NO2/c1-9(2)14-8-11(6-7-15-4)13-12-10(3)16-5/h8-9H,6-7H2,1-5H3. The largest absolute Gasteiger partial charge is 0.384 e. The van der Waals surface area contributed by atoms with E-state index in [1.165, 1.54) is 7.20 Å². The van der Waals surface area contributed by atoms with E-state index < -0.39 is 0 Å². The minimum Gasteiger partial charge on any atom is -0.384 e. The molecule has 0 N–H and O–H groups in total. The highest BCUT2D eigenvalue weighted by Gasteiger charge is 1.95. The van der Waals surface area contributed by atoms with Crippen LogP contribution in [0, 0.1) is 0 Å². The molecule has 0 fully saturated rings. The van der Waals surface area contributed by atoms with Crippen LogP contribution in [0.25, 0.3) is 0 Å². The molecule has 0 aromatic carbocycles. The summed E-state index contributed by atoms with van der Waals surface area (Å²) in [6.45, 7) is 7.09. The number of hydrogen-bond acceptors (Lipinski definition) is 3. The van der Waals surface area contributed by atoms with Crippen molar-refractivity contribution in [3.05, 3.63) is 0 Å². The van der Waals surface area contributed by atoms with Crippen molar-refractivity contribution in [1.82, 2.24) is 0 Å². The smallest absolute Gasteiger partial charge is 0.0865 e. The number of halogens is 2. The van der Waals surface area contributed by atoms with Crippen LogP contribution in [0.5, 0.6) is 0 Å². The van der Waals surface area contributed by atoms with Crippen LogP contribution >= 0.6 is 33.5 Å². The molecule has 3 nitrogen and oxygen atoms in total. The van der Waals surface area contributed by atoms with Gasteiger partial charge in [-0.1, -0.05) is 0 Å². The minimum atomic E-state index is 0.0922. The van der Waals surface area contributed by atoms with Gasteiger partial charge < -0.3 is 9.47 Å². The van der Waals surface area contributed by atoms with Gasteiger partial charge in [-0.2, -0.15) is 0 Å². The summed E-state index contributed by atoms with van der Waals surface area (Å²) in [6, 6.07) is 0.382. The molecule has 0 spiro atoms. The molecule has 16 heavy (non-hydrogen) atoms. The lowest BCUT2D eigenvalue weighted by molar-refractivity contribution is 0.208. The molecule has 0 aromatic rings. The van der Waals surface area contributed by atoms with Crippen LogP contribution in [-0.2, 0) is 9.47 Å². The highest BCUT2D eigenvalue weighted by atomic mass is 128. The third kappa shape index (κ3) is 9.98. The van der Waals surface area contributed by atoms with Crippen LogP contribution in [0.2, 0.25) is 0 Å². The molecule has 0 aliphatic heterocycles. The van der Waals surface area contributed by atoms with Crippen LogP contribution in [-0.4, -0.2) is 40.3 Å². The van der Waals surface area contributed by atoms with Crippen molar-refractivity contribution in [2.75, 3.05) is 20.8 Å². The topological polar surface area (TPSA) is 30.8 Å². The van der Waals surface area contributed by atoms with E-state index in [-0.39, 0.29) is 33.5 Å². The lowest BCUT2D eigenvalue weighted by atomic mass is 10.3. The van der Waals surface area contributed by atoms with Gasteiger partial charge >= 0.3 is 0 Å². The molecule has 0 aliphatic rings. The first kappa shape index (κ1) is 16.8. The van der Waals surface area contributed by atoms with Crippen LogP contribution in [0.4, 0.5) is 0 Å². The van der Waals surface area contributed by atoms with Crippen LogP contribution < -0.4 is 0 Å². The van der Waals surface area contributed by atoms with Gasteiger partial charge in [-0.3, -0.25) is 4.99 Å². The summed E-state index contributed by atoms with van der Waals surface area (Å²) in [4.78, 5) is 4.46. The molecule has 96 valence electrons. The first-order valence-corrected chi connectivity index (χ1v) is 13.6. The van der Waals surface area contributed by atoms with Crippen molar-refractivity contribution in [2.45, 2.75) is 33.2 Å². The van der Waals surface area contributed by atoms with Gasteiger partial charge in [0.25, 0.3) is 0 Å². The molecule has 0 saturated carbocycles. The van der Waals surface area contributed by atoms with E-state index in [0.717, 1.165) is 13.0 Å². The average Bonchev–Trinajstić information content (AvgIpc) is 2.27. The lowest BCUT2D eigenvalue weighted by Gasteiger charge is -2.00. The number of rotatable bonds is 7. The van der Waals surface area contributed by atoms with Gasteiger partial charge in [-0.05, 0) is 54.3 Å². The zero-order valence-electron chi connectivity index (χ0n) is 10.6. The Labute approximate surface area is 115 Å². The predicted molar refractivity (Wildman–Crippen MR) is 90.9 cm³/mol. The normalized spacial score (nSPS) is 15.1. The summed E-state index contributed by atoms with van der Waals surface area (Å²) >= 11 is 0.195. The van der Waals surface area contributed by atoms with E-state index in [2.05, 4.69) is 32.0 Å². The first-order valence-electron chi connectivity index (χ1n) is 5.14. The molecule has 0 aliphatic carbocycles. The van der Waals surface area contributed by atoms with Crippen LogP contribution in [0.3, 0.4) is 0 Å². The highest BCUT2D eigenvalue weighted by molar-refractivity contribution is 15.1. The molecule has 0 unspecified atom stereocenters. The molecule has 0 bridgehead atoms. The van der Waals surface area contributed by atoms with Crippen molar-refractivity contribution in [3.8, 4) is 0 Å². The van der Waals surface area contributed by atoms with Crippen molar-refractivity contribution < 1.29 is 9.47 Å².